The highest BCUT2D eigenvalue weighted by Crippen LogP contribution is 2.23. The summed E-state index contributed by atoms with van der Waals surface area (Å²) < 4.78 is 7.16. The van der Waals surface area contributed by atoms with Gasteiger partial charge >= 0.3 is 5.97 Å². The van der Waals surface area contributed by atoms with E-state index in [0.717, 1.165) is 10.2 Å². The Hall–Kier alpha value is -0.840. The van der Waals surface area contributed by atoms with Crippen LogP contribution < -0.4 is 0 Å². The number of esters is 1. The van der Waals surface area contributed by atoms with E-state index in [4.69, 9.17) is 0 Å². The van der Waals surface area contributed by atoms with Gasteiger partial charge in [-0.2, -0.15) is 5.10 Å². The largest absolute Gasteiger partial charge is 0.468 e. The molecular formula is C9H13BrN2O2. The van der Waals surface area contributed by atoms with Gasteiger partial charge in [-0.25, -0.2) is 0 Å². The first-order valence-corrected chi connectivity index (χ1v) is 5.13. The Bertz CT molecular complexity index is 334. The molecule has 5 heteroatoms. The standard InChI is InChI=1S/C9H13BrN2O2/c1-6(2)9-7(10)4-11-12(9)5-8(13)14-3/h4,6H,5H2,1-3H3. The van der Waals surface area contributed by atoms with Gasteiger partial charge < -0.3 is 4.74 Å². The molecule has 0 aliphatic rings. The predicted molar refractivity (Wildman–Crippen MR) is 56.0 cm³/mol. The van der Waals surface area contributed by atoms with Crippen molar-refractivity contribution in [3.05, 3.63) is 16.4 Å². The molecule has 0 radical (unpaired) electrons. The van der Waals surface area contributed by atoms with Crippen molar-refractivity contribution in [2.45, 2.75) is 26.3 Å². The fourth-order valence-corrected chi connectivity index (χ4v) is 2.01. The molecule has 1 aromatic rings. The van der Waals surface area contributed by atoms with Gasteiger partial charge in [0.25, 0.3) is 0 Å². The van der Waals surface area contributed by atoms with Crippen LogP contribution in [-0.4, -0.2) is 22.9 Å². The fourth-order valence-electron chi connectivity index (χ4n) is 1.26. The first-order chi connectivity index (χ1) is 6.56. The minimum Gasteiger partial charge on any atom is -0.468 e. The van der Waals surface area contributed by atoms with Crippen LogP contribution in [-0.2, 0) is 16.1 Å². The van der Waals surface area contributed by atoms with Crippen LogP contribution in [0.1, 0.15) is 25.5 Å². The zero-order valence-electron chi connectivity index (χ0n) is 8.45. The van der Waals surface area contributed by atoms with Gasteiger partial charge in [0.1, 0.15) is 6.54 Å². The number of halogens is 1. The van der Waals surface area contributed by atoms with Gasteiger partial charge in [-0.15, -0.1) is 0 Å². The van der Waals surface area contributed by atoms with E-state index in [9.17, 15) is 4.79 Å². The second-order valence-corrected chi connectivity index (χ2v) is 4.12. The van der Waals surface area contributed by atoms with E-state index in [2.05, 4.69) is 39.6 Å². The summed E-state index contributed by atoms with van der Waals surface area (Å²) in [5.41, 5.74) is 1.01. The Labute approximate surface area is 91.4 Å². The Balaban J connectivity index is 2.92. The maximum absolute atomic E-state index is 11.1. The molecule has 1 aromatic heterocycles. The molecule has 1 rings (SSSR count). The number of methoxy groups -OCH3 is 1. The number of nitrogens with zero attached hydrogens (tertiary/aromatic N) is 2. The lowest BCUT2D eigenvalue weighted by Crippen LogP contribution is -2.15. The van der Waals surface area contributed by atoms with Crippen LogP contribution in [0.4, 0.5) is 0 Å². The van der Waals surface area contributed by atoms with Gasteiger partial charge in [0, 0.05) is 0 Å². The zero-order valence-corrected chi connectivity index (χ0v) is 10.0. The van der Waals surface area contributed by atoms with Crippen LogP contribution in [0.15, 0.2) is 10.7 Å². The van der Waals surface area contributed by atoms with Crippen molar-refractivity contribution >= 4 is 21.9 Å². The molecule has 14 heavy (non-hydrogen) atoms. The quantitative estimate of drug-likeness (QED) is 0.781. The molecular weight excluding hydrogens is 248 g/mol. The molecule has 0 amide bonds. The second-order valence-electron chi connectivity index (χ2n) is 3.27. The third-order valence-corrected chi connectivity index (χ3v) is 2.50. The lowest BCUT2D eigenvalue weighted by Gasteiger charge is -2.09. The van der Waals surface area contributed by atoms with Crippen LogP contribution >= 0.6 is 15.9 Å². The lowest BCUT2D eigenvalue weighted by molar-refractivity contribution is -0.141. The molecule has 0 bridgehead atoms. The van der Waals surface area contributed by atoms with E-state index in [1.807, 2.05) is 0 Å². The molecule has 0 spiro atoms. The molecule has 0 saturated carbocycles. The predicted octanol–water partition coefficient (Wildman–Crippen LogP) is 1.94. The molecule has 1 heterocycles. The number of carbonyl (C=O) groups is 1. The van der Waals surface area contributed by atoms with Gasteiger partial charge in [0.15, 0.2) is 0 Å². The van der Waals surface area contributed by atoms with E-state index in [-0.39, 0.29) is 12.5 Å². The van der Waals surface area contributed by atoms with Crippen LogP contribution in [0.5, 0.6) is 0 Å². The minimum atomic E-state index is -0.289. The van der Waals surface area contributed by atoms with Crippen LogP contribution in [0, 0.1) is 0 Å². The van der Waals surface area contributed by atoms with Crippen LogP contribution in [0.2, 0.25) is 0 Å². The molecule has 0 aliphatic heterocycles. The van der Waals surface area contributed by atoms with E-state index in [1.54, 1.807) is 10.9 Å². The average molecular weight is 261 g/mol. The Kier molecular flexibility index (Phi) is 3.69. The van der Waals surface area contributed by atoms with Gasteiger partial charge in [0.05, 0.1) is 23.5 Å². The zero-order chi connectivity index (χ0) is 10.7. The molecule has 0 atom stereocenters. The van der Waals surface area contributed by atoms with E-state index in [1.165, 1.54) is 7.11 Å². The smallest absolute Gasteiger partial charge is 0.327 e. The summed E-state index contributed by atoms with van der Waals surface area (Å²) in [6.45, 7) is 4.26. The topological polar surface area (TPSA) is 44.1 Å². The molecule has 0 fully saturated rings. The number of carbonyl (C=O) groups excluding carboxylic acids is 1. The fraction of sp³-hybridized carbons (Fsp3) is 0.556. The highest BCUT2D eigenvalue weighted by atomic mass is 79.9. The Morgan fingerprint density at radius 1 is 1.71 bits per heavy atom. The van der Waals surface area contributed by atoms with Crippen molar-refractivity contribution in [3.63, 3.8) is 0 Å². The first-order valence-electron chi connectivity index (χ1n) is 4.34. The van der Waals surface area contributed by atoms with Gasteiger partial charge in [-0.3, -0.25) is 9.48 Å². The minimum absolute atomic E-state index is 0.162. The molecule has 0 N–H and O–H groups in total. The monoisotopic (exact) mass is 260 g/mol. The third kappa shape index (κ3) is 2.35. The molecule has 0 aromatic carbocycles. The molecule has 0 saturated heterocycles. The number of rotatable bonds is 3. The summed E-state index contributed by atoms with van der Waals surface area (Å²) in [5, 5.41) is 4.09. The van der Waals surface area contributed by atoms with E-state index < -0.39 is 0 Å². The van der Waals surface area contributed by atoms with E-state index in [0.29, 0.717) is 5.92 Å². The summed E-state index contributed by atoms with van der Waals surface area (Å²) in [5.74, 6) is 0.0269. The van der Waals surface area contributed by atoms with Crippen molar-refractivity contribution in [3.8, 4) is 0 Å². The third-order valence-electron chi connectivity index (χ3n) is 1.89. The normalized spacial score (nSPS) is 10.6. The second kappa shape index (κ2) is 4.59. The highest BCUT2D eigenvalue weighted by Gasteiger charge is 2.14. The van der Waals surface area contributed by atoms with Crippen molar-refractivity contribution in [1.82, 2.24) is 9.78 Å². The maximum atomic E-state index is 11.1. The molecule has 0 aliphatic carbocycles. The summed E-state index contributed by atoms with van der Waals surface area (Å²) in [6, 6.07) is 0. The summed E-state index contributed by atoms with van der Waals surface area (Å²) in [6.07, 6.45) is 1.69. The summed E-state index contributed by atoms with van der Waals surface area (Å²) in [4.78, 5) is 11.1. The number of hydrogen-bond acceptors (Lipinski definition) is 3. The average Bonchev–Trinajstić information content (AvgIpc) is 2.46. The molecule has 78 valence electrons. The summed E-state index contributed by atoms with van der Waals surface area (Å²) >= 11 is 3.39. The van der Waals surface area contributed by atoms with Gasteiger partial charge in [0.2, 0.25) is 0 Å². The SMILES string of the molecule is COC(=O)Cn1ncc(Br)c1C(C)C. The van der Waals surface area contributed by atoms with Crippen molar-refractivity contribution in [2.75, 3.05) is 7.11 Å². The van der Waals surface area contributed by atoms with Crippen molar-refractivity contribution < 1.29 is 9.53 Å². The lowest BCUT2D eigenvalue weighted by atomic mass is 10.1. The number of hydrogen-bond donors (Lipinski definition) is 0. The van der Waals surface area contributed by atoms with E-state index >= 15 is 0 Å². The Morgan fingerprint density at radius 3 is 2.86 bits per heavy atom. The molecule has 4 nitrogen and oxygen atoms in total. The van der Waals surface area contributed by atoms with Crippen LogP contribution in [0.3, 0.4) is 0 Å². The molecule has 0 unspecified atom stereocenters. The Morgan fingerprint density at radius 2 is 2.36 bits per heavy atom. The van der Waals surface area contributed by atoms with Crippen molar-refractivity contribution in [1.29, 1.82) is 0 Å². The van der Waals surface area contributed by atoms with Gasteiger partial charge in [-0.05, 0) is 21.8 Å². The maximum Gasteiger partial charge on any atom is 0.327 e. The van der Waals surface area contributed by atoms with Crippen LogP contribution in [0.25, 0.3) is 0 Å². The highest BCUT2D eigenvalue weighted by molar-refractivity contribution is 9.10. The number of aromatic nitrogens is 2. The van der Waals surface area contributed by atoms with Crippen molar-refractivity contribution in [2.24, 2.45) is 0 Å². The van der Waals surface area contributed by atoms with Gasteiger partial charge in [-0.1, -0.05) is 13.8 Å². The number of ether oxygens (including phenoxy) is 1. The summed E-state index contributed by atoms with van der Waals surface area (Å²) in [7, 11) is 1.37. The first kappa shape index (κ1) is 11.2.